The zero-order valence-electron chi connectivity index (χ0n) is 8.29. The van der Waals surface area contributed by atoms with Crippen molar-refractivity contribution < 1.29 is 40.5 Å². The molecule has 1 heterocycles. The summed E-state index contributed by atoms with van der Waals surface area (Å²) in [5, 5.41) is 63.9. The third-order valence-corrected chi connectivity index (χ3v) is 2.54. The second kappa shape index (κ2) is 5.34. The molecule has 0 aliphatic carbocycles. The van der Waals surface area contributed by atoms with Crippen LogP contribution in [0.25, 0.3) is 0 Å². The van der Waals surface area contributed by atoms with E-state index < -0.39 is 49.5 Å². The lowest BCUT2D eigenvalue weighted by Gasteiger charge is -2.27. The van der Waals surface area contributed by atoms with Gasteiger partial charge in [0, 0.05) is 0 Å². The molecule has 1 aliphatic heterocycles. The summed E-state index contributed by atoms with van der Waals surface area (Å²) in [5.74, 6) is 0. The number of hydrogen-bond acceptors (Lipinski definition) is 8. The summed E-state index contributed by atoms with van der Waals surface area (Å²) in [5.41, 5.74) is 0. The number of rotatable bonds is 4. The third-order valence-electron chi connectivity index (χ3n) is 2.54. The molecular formula is C8H16O8. The predicted molar refractivity (Wildman–Crippen MR) is 48.0 cm³/mol. The smallest absolute Gasteiger partial charge is 0.184 e. The molecule has 0 aromatic heterocycles. The van der Waals surface area contributed by atoms with Crippen molar-refractivity contribution in [1.82, 2.24) is 0 Å². The maximum absolute atomic E-state index is 9.50. The highest BCUT2D eigenvalue weighted by atomic mass is 16.6. The van der Waals surface area contributed by atoms with Gasteiger partial charge < -0.3 is 40.5 Å². The summed E-state index contributed by atoms with van der Waals surface area (Å²) in [6.45, 7) is -0.786. The minimum absolute atomic E-state index is 0.786. The largest absolute Gasteiger partial charge is 0.394 e. The van der Waals surface area contributed by atoms with Crippen LogP contribution in [0.1, 0.15) is 0 Å². The Hall–Kier alpha value is -0.320. The number of aliphatic hydroxyl groups excluding tert-OH is 7. The van der Waals surface area contributed by atoms with Gasteiger partial charge >= 0.3 is 0 Å². The normalized spacial score (nSPS) is 40.7. The summed E-state index contributed by atoms with van der Waals surface area (Å²) in [4.78, 5) is 0. The lowest BCUT2D eigenvalue weighted by Crippen LogP contribution is -2.50. The molecule has 0 radical (unpaired) electrons. The molecule has 96 valence electrons. The lowest BCUT2D eigenvalue weighted by molar-refractivity contribution is -0.174. The second-order valence-electron chi connectivity index (χ2n) is 3.70. The van der Waals surface area contributed by atoms with E-state index in [1.165, 1.54) is 0 Å². The molecule has 8 nitrogen and oxygen atoms in total. The van der Waals surface area contributed by atoms with E-state index in [0.717, 1.165) is 0 Å². The van der Waals surface area contributed by atoms with E-state index in [1.54, 1.807) is 0 Å². The van der Waals surface area contributed by atoms with Crippen LogP contribution in [0.2, 0.25) is 0 Å². The average Bonchev–Trinajstić information content (AvgIpc) is 2.54. The van der Waals surface area contributed by atoms with Gasteiger partial charge in [-0.2, -0.15) is 0 Å². The zero-order chi connectivity index (χ0) is 12.5. The molecular weight excluding hydrogens is 224 g/mol. The van der Waals surface area contributed by atoms with Crippen molar-refractivity contribution in [3.63, 3.8) is 0 Å². The van der Waals surface area contributed by atoms with Gasteiger partial charge in [0.15, 0.2) is 6.29 Å². The maximum Gasteiger partial charge on any atom is 0.184 e. The van der Waals surface area contributed by atoms with Crippen LogP contribution < -0.4 is 0 Å². The standard InChI is InChI=1S/C8H16O8/c9-1-2(10)3(11)4(12)7-5(13)6(14)8(15)16-7/h2-15H,1H2/t2-,3+,4+,5+,6+,7-,8?/m1/s1. The Kier molecular flexibility index (Phi) is 4.59. The van der Waals surface area contributed by atoms with E-state index in [1.807, 2.05) is 0 Å². The summed E-state index contributed by atoms with van der Waals surface area (Å²) >= 11 is 0. The number of hydrogen-bond donors (Lipinski definition) is 7. The predicted octanol–water partition coefficient (Wildman–Crippen LogP) is -4.50. The molecule has 1 rings (SSSR count). The van der Waals surface area contributed by atoms with Crippen LogP contribution in [0.15, 0.2) is 0 Å². The molecule has 7 N–H and O–H groups in total. The van der Waals surface area contributed by atoms with Crippen LogP contribution in [-0.2, 0) is 4.74 Å². The van der Waals surface area contributed by atoms with Crippen molar-refractivity contribution in [3.05, 3.63) is 0 Å². The van der Waals surface area contributed by atoms with Crippen molar-refractivity contribution in [1.29, 1.82) is 0 Å². The highest BCUT2D eigenvalue weighted by Gasteiger charge is 2.47. The van der Waals surface area contributed by atoms with Crippen molar-refractivity contribution in [2.45, 2.75) is 42.9 Å². The summed E-state index contributed by atoms with van der Waals surface area (Å²) in [7, 11) is 0. The SMILES string of the molecule is OC[C@@H](O)[C@H](O)[C@H](O)[C@H]1OC(O)[C@@H](O)[C@@H]1O. The molecule has 7 atom stereocenters. The van der Waals surface area contributed by atoms with Gasteiger partial charge in [0.05, 0.1) is 6.61 Å². The molecule has 1 aliphatic rings. The quantitative estimate of drug-likeness (QED) is 0.260. The third kappa shape index (κ3) is 2.50. The van der Waals surface area contributed by atoms with E-state index >= 15 is 0 Å². The molecule has 8 heteroatoms. The van der Waals surface area contributed by atoms with Gasteiger partial charge in [-0.25, -0.2) is 0 Å². The lowest BCUT2D eigenvalue weighted by atomic mass is 9.98. The van der Waals surface area contributed by atoms with E-state index in [4.69, 9.17) is 20.4 Å². The van der Waals surface area contributed by atoms with Gasteiger partial charge in [-0.3, -0.25) is 0 Å². The first-order valence-corrected chi connectivity index (χ1v) is 4.75. The van der Waals surface area contributed by atoms with Crippen molar-refractivity contribution in [3.8, 4) is 0 Å². The molecule has 0 amide bonds. The Bertz CT molecular complexity index is 224. The fraction of sp³-hybridized carbons (Fsp3) is 1.00. The van der Waals surface area contributed by atoms with E-state index in [9.17, 15) is 15.3 Å². The zero-order valence-corrected chi connectivity index (χ0v) is 8.29. The van der Waals surface area contributed by atoms with Crippen LogP contribution in [0.3, 0.4) is 0 Å². The highest BCUT2D eigenvalue weighted by molar-refractivity contribution is 4.94. The van der Waals surface area contributed by atoms with E-state index in [-0.39, 0.29) is 0 Å². The molecule has 1 saturated heterocycles. The summed E-state index contributed by atoms with van der Waals surface area (Å²) in [6, 6.07) is 0. The molecule has 16 heavy (non-hydrogen) atoms. The maximum atomic E-state index is 9.50. The molecule has 0 aromatic carbocycles. The Balaban J connectivity index is 2.64. The minimum Gasteiger partial charge on any atom is -0.394 e. The van der Waals surface area contributed by atoms with E-state index in [0.29, 0.717) is 0 Å². The van der Waals surface area contributed by atoms with Gasteiger partial charge in [-0.05, 0) is 0 Å². The summed E-state index contributed by atoms with van der Waals surface area (Å²) < 4.78 is 4.62. The van der Waals surface area contributed by atoms with Crippen LogP contribution >= 0.6 is 0 Å². The fourth-order valence-corrected chi connectivity index (χ4v) is 1.50. The van der Waals surface area contributed by atoms with Crippen LogP contribution in [-0.4, -0.2) is 85.3 Å². The monoisotopic (exact) mass is 240 g/mol. The fourth-order valence-electron chi connectivity index (χ4n) is 1.50. The minimum atomic E-state index is -1.76. The molecule has 0 saturated carbocycles. The van der Waals surface area contributed by atoms with Crippen LogP contribution in [0.5, 0.6) is 0 Å². The molecule has 1 fully saturated rings. The van der Waals surface area contributed by atoms with Crippen molar-refractivity contribution in [2.24, 2.45) is 0 Å². The number of aliphatic hydroxyl groups is 7. The Morgan fingerprint density at radius 2 is 1.56 bits per heavy atom. The summed E-state index contributed by atoms with van der Waals surface area (Å²) in [6.07, 6.45) is -11.4. The van der Waals surface area contributed by atoms with Gasteiger partial charge in [0.25, 0.3) is 0 Å². The van der Waals surface area contributed by atoms with Gasteiger partial charge in [-0.15, -0.1) is 0 Å². The molecule has 0 spiro atoms. The van der Waals surface area contributed by atoms with Gasteiger partial charge in [0.2, 0.25) is 0 Å². The number of ether oxygens (including phenoxy) is 1. The first-order chi connectivity index (χ1) is 7.40. The average molecular weight is 240 g/mol. The molecule has 1 unspecified atom stereocenters. The first-order valence-electron chi connectivity index (χ1n) is 4.75. The van der Waals surface area contributed by atoms with E-state index in [2.05, 4.69) is 4.74 Å². The second-order valence-corrected chi connectivity index (χ2v) is 3.70. The van der Waals surface area contributed by atoms with Gasteiger partial charge in [0.1, 0.15) is 36.6 Å². The Morgan fingerprint density at radius 3 is 1.94 bits per heavy atom. The van der Waals surface area contributed by atoms with Crippen molar-refractivity contribution >= 4 is 0 Å². The Morgan fingerprint density at radius 1 is 1.00 bits per heavy atom. The first kappa shape index (κ1) is 13.7. The topological polar surface area (TPSA) is 151 Å². The Labute approximate surface area is 91.0 Å². The van der Waals surface area contributed by atoms with Crippen LogP contribution in [0.4, 0.5) is 0 Å². The van der Waals surface area contributed by atoms with Gasteiger partial charge in [-0.1, -0.05) is 0 Å². The molecule has 0 aromatic rings. The van der Waals surface area contributed by atoms with Crippen molar-refractivity contribution in [2.75, 3.05) is 6.61 Å². The molecule has 0 bridgehead atoms. The highest BCUT2D eigenvalue weighted by Crippen LogP contribution is 2.24. The van der Waals surface area contributed by atoms with Crippen LogP contribution in [0, 0.1) is 0 Å².